The second-order valence-corrected chi connectivity index (χ2v) is 41.8. The zero-order chi connectivity index (χ0) is 99.0. The summed E-state index contributed by atoms with van der Waals surface area (Å²) in [6.07, 6.45) is -37.7. The third kappa shape index (κ3) is 23.9. The number of anilines is 2. The van der Waals surface area contributed by atoms with Crippen LogP contribution < -0.4 is 67.7 Å². The number of phosphoric ester groups is 4. The molecule has 16 N–H and O–H groups in total. The molecule has 0 bridgehead atoms. The molecule has 12 unspecified atom stereocenters. The topological polar surface area (TPSA) is 811 Å². The fraction of sp³-hybridized carbons (Fsp3) is 0.627. The van der Waals surface area contributed by atoms with Crippen LogP contribution in [-0.2, 0) is 158 Å². The summed E-state index contributed by atoms with van der Waals surface area (Å²) >= 11 is 10.9. The summed E-state index contributed by atoms with van der Waals surface area (Å²) in [5.41, 5.74) is 1.37. The van der Waals surface area contributed by atoms with E-state index >= 15 is 0 Å². The number of nitrogen functional groups attached to an aromatic ring is 2. The molecule has 7 saturated heterocycles. The predicted octanol–water partition coefficient (Wildman–Crippen LogP) is -4.98. The van der Waals surface area contributed by atoms with Crippen molar-refractivity contribution in [2.75, 3.05) is 100 Å². The second-order valence-electron chi connectivity index (χ2n) is 30.6. The van der Waals surface area contributed by atoms with Crippen LogP contribution in [-0.4, -0.2) is 313 Å². The molecule has 758 valence electrons. The van der Waals surface area contributed by atoms with Crippen molar-refractivity contribution < 1.29 is 169 Å². The van der Waals surface area contributed by atoms with Gasteiger partial charge in [-0.1, -0.05) is 6.92 Å². The molecule has 14 heterocycles. The highest BCUT2D eigenvalue weighted by Crippen LogP contribution is 2.59. The second kappa shape index (κ2) is 43.4. The van der Waals surface area contributed by atoms with Crippen molar-refractivity contribution in [2.24, 2.45) is 0 Å². The number of aliphatic hydroxyl groups is 1. The van der Waals surface area contributed by atoms with Crippen molar-refractivity contribution in [1.29, 1.82) is 0 Å². The molecule has 0 amide bonds. The van der Waals surface area contributed by atoms with Gasteiger partial charge in [0, 0.05) is 111 Å². The van der Waals surface area contributed by atoms with Crippen LogP contribution in [0, 0.1) is 0 Å². The molecule has 32 atom stereocenters. The third-order valence-electron chi connectivity index (χ3n) is 22.2. The average molecular weight is 2110 g/mol. The van der Waals surface area contributed by atoms with Gasteiger partial charge in [-0.15, -0.1) is 0 Å². The normalized spacial score (nSPS) is 32.8. The first-order valence-electron chi connectivity index (χ1n) is 40.5. The molecule has 0 saturated carbocycles. The number of hydrogen-bond acceptors (Lipinski definition) is 47. The largest absolute Gasteiger partial charge is 0.472 e. The molecule has 0 aliphatic carbocycles. The van der Waals surface area contributed by atoms with Gasteiger partial charge in [-0.05, 0) is 36.1 Å². The smallest absolute Gasteiger partial charge is 0.394 e. The molecule has 0 spiro atoms. The summed E-state index contributed by atoms with van der Waals surface area (Å²) in [5.74, 6) is -0.757. The molecule has 137 heavy (non-hydrogen) atoms. The molecule has 7 fully saturated rings. The molecule has 0 aromatic carbocycles. The van der Waals surface area contributed by atoms with Crippen molar-refractivity contribution in [1.82, 2.24) is 67.3 Å². The Bertz CT molecular complexity index is 6460. The van der Waals surface area contributed by atoms with Gasteiger partial charge in [0.2, 0.25) is 5.95 Å². The number of aromatic nitrogens is 14. The molecule has 7 aromatic rings. The minimum absolute atomic E-state index is 0.0593. The lowest BCUT2D eigenvalue weighted by Crippen LogP contribution is -2.41. The first-order valence-corrected chi connectivity index (χ1v) is 51.6. The van der Waals surface area contributed by atoms with Crippen LogP contribution in [0.25, 0.3) is 11.2 Å². The van der Waals surface area contributed by atoms with Crippen LogP contribution in [0.5, 0.6) is 0 Å². The van der Waals surface area contributed by atoms with Gasteiger partial charge in [-0.3, -0.25) is 122 Å². The van der Waals surface area contributed by atoms with E-state index in [4.69, 9.17) is 151 Å². The van der Waals surface area contributed by atoms with E-state index in [1.165, 1.54) is 7.11 Å². The fourth-order valence-electron chi connectivity index (χ4n) is 16.1. The molecule has 7 aliphatic heterocycles. The van der Waals surface area contributed by atoms with E-state index in [0.717, 1.165) is 126 Å². The summed E-state index contributed by atoms with van der Waals surface area (Å²) < 4.78 is 209. The van der Waals surface area contributed by atoms with E-state index in [2.05, 4.69) is 29.9 Å². The van der Waals surface area contributed by atoms with Gasteiger partial charge in [0.1, 0.15) is 116 Å². The van der Waals surface area contributed by atoms with Crippen molar-refractivity contribution in [3.05, 3.63) is 172 Å². The monoisotopic (exact) mass is 2110 g/mol. The molecule has 7 aliphatic rings. The number of nitrogens with two attached hydrogens (primary N) is 2. The Morgan fingerprint density at radius 3 is 1.05 bits per heavy atom. The Hall–Kier alpha value is -7.51. The standard InChI is InChI=1S/C67H92N16O46P6S2/c1-8-28-42(48(105-2)56(117-28)79-16-10-37(85)72-64(79)91)124-130(95,96)112-24-33-45(51(108-5)61(122-33)83-27-70-41-54(83)76-62(69)77-55(41)89)127-132(99,100)114-22-31-43(49(106-3)57(118-31)78-15-9-36(68)71-63(78)90)125-131(97,98)113-23-32-44(50(107-4)58(119-32)80-17-11-38(86)73-65(80)92)126-133(101,102)115-25-34-46(52(109-6)59(120-34)81-18-12-39(87)74-66(81)93)128-134(103,136)116-26-35-47(129-135(104,137)123-29-14-20-111-30(29)21-84)53(110-7)60(121-35)82-19-13-40(88)75-67(82)94/h9-13,15-19,27-35,42-53,56-61,84H,8,14,20-26H2,1-7H3,(H,95,96)(H,97,98)(H,99,100)(H,101,102)(H,103,136)(H,104,137)(H2,68,71,90)(H,72,85,91)(H,73,86,92)(H,74,87,93)(H,75,88,94)(H3,69,76,77,89)/t28-,29+,30+,31-,32-,33-,34-,35-,42+,43+,44+,45+,46+,47+,48?,49?,50?,51?,52?,53?,56-,57-,58-,59-,60-,61-,134?,135?/m1/s1. The first kappa shape index (κ1) is 105. The van der Waals surface area contributed by atoms with E-state index in [1.807, 2.05) is 9.97 Å². The highest BCUT2D eigenvalue weighted by molar-refractivity contribution is 8.07. The third-order valence-corrected chi connectivity index (χ3v) is 29.3. The van der Waals surface area contributed by atoms with Crippen LogP contribution in [0.1, 0.15) is 57.1 Å². The number of H-pyrrole nitrogens is 5. The number of imidazole rings is 1. The molecular weight excluding hydrogens is 2010 g/mol. The van der Waals surface area contributed by atoms with Crippen LogP contribution >= 0.6 is 44.7 Å². The summed E-state index contributed by atoms with van der Waals surface area (Å²) in [4.78, 5) is 222. The average Bonchev–Trinajstić information content (AvgIpc) is 1.24. The molecule has 0 radical (unpaired) electrons. The summed E-state index contributed by atoms with van der Waals surface area (Å²) in [5, 5.41) is 9.92. The van der Waals surface area contributed by atoms with Crippen LogP contribution in [0.2, 0.25) is 0 Å². The highest BCUT2D eigenvalue weighted by Gasteiger charge is 2.59. The van der Waals surface area contributed by atoms with Gasteiger partial charge < -0.3 is 117 Å². The lowest BCUT2D eigenvalue weighted by Gasteiger charge is -2.30. The fourth-order valence-corrected chi connectivity index (χ4v) is 23.3. The minimum Gasteiger partial charge on any atom is -0.394 e. The number of nitrogens with zero attached hydrogens (tertiary/aromatic N) is 9. The highest BCUT2D eigenvalue weighted by atomic mass is 32.5. The number of phosphoric acid groups is 4. The van der Waals surface area contributed by atoms with E-state index < -0.39 is 306 Å². The van der Waals surface area contributed by atoms with Crippen molar-refractivity contribution in [3.8, 4) is 0 Å². The maximum absolute atomic E-state index is 14.9. The lowest BCUT2D eigenvalue weighted by molar-refractivity contribution is -0.0681. The number of rotatable bonds is 43. The molecule has 62 nitrogen and oxygen atoms in total. The Morgan fingerprint density at radius 2 is 0.715 bits per heavy atom. The van der Waals surface area contributed by atoms with Gasteiger partial charge in [-0.2, -0.15) is 9.97 Å². The Kier molecular flexibility index (Phi) is 33.3. The zero-order valence-corrected chi connectivity index (χ0v) is 79.0. The van der Waals surface area contributed by atoms with Crippen LogP contribution in [0.3, 0.4) is 0 Å². The minimum atomic E-state index is -5.95. The first-order chi connectivity index (χ1) is 64.8. The van der Waals surface area contributed by atoms with Crippen molar-refractivity contribution >= 4 is 91.3 Å². The van der Waals surface area contributed by atoms with E-state index in [9.17, 15) is 101 Å². The SMILES string of the molecule is CC[C@H]1O[C@@H](n2ccc(=O)[nH]c2=O)C(OC)[C@H]1OP(=O)(O)OC[C@H]1O[C@@H](n2cnc3c(=O)[nH]c(N)nc32)C(OC)[C@H]1OP(=O)(O)OC[C@H]1O[C@@H](n2ccc(N)nc2=O)C(OC)[C@H]1OP(=O)(O)OC[C@H]1O[C@@H](n2ccc(=O)[nH]c2=O)C(OC)[C@H]1OP(=O)(O)OC[C@H]1O[C@@H](n2ccc(=O)[nH]c2=O)C(OC)[C@H]1OP(O)(=S)OC[C@H]1O[C@@H](n2ccc(=O)[nH]c2=O)C(OC)[C@H]1OP(O)(=S)O[C@H]1CCO[C@H]1CO. The van der Waals surface area contributed by atoms with Gasteiger partial charge in [-0.25, -0.2) is 47.2 Å². The Morgan fingerprint density at radius 1 is 0.401 bits per heavy atom. The number of nitrogens with one attached hydrogen (secondary N) is 5. The molecular formula is C67H92N16O46P6S2. The molecule has 14 rings (SSSR count). The number of methoxy groups -OCH3 is 6. The van der Waals surface area contributed by atoms with Gasteiger partial charge in [0.25, 0.3) is 27.8 Å². The van der Waals surface area contributed by atoms with Crippen molar-refractivity contribution in [3.63, 3.8) is 0 Å². The lowest BCUT2D eigenvalue weighted by atomic mass is 10.1. The van der Waals surface area contributed by atoms with Crippen LogP contribution in [0.15, 0.2) is 116 Å². The summed E-state index contributed by atoms with van der Waals surface area (Å²) in [6.45, 7) is -14.3. The molecule has 7 aromatic heterocycles. The van der Waals surface area contributed by atoms with E-state index in [-0.39, 0.29) is 36.4 Å². The maximum atomic E-state index is 14.9. The zero-order valence-electron chi connectivity index (χ0n) is 72.0. The quantitative estimate of drug-likeness (QED) is 0.0159. The maximum Gasteiger partial charge on any atom is 0.472 e. The Balaban J connectivity index is 0.706. The number of hydrogen-bond donors (Lipinski definition) is 14. The predicted molar refractivity (Wildman–Crippen MR) is 457 cm³/mol. The van der Waals surface area contributed by atoms with Gasteiger partial charge >= 0.3 is 73.2 Å². The van der Waals surface area contributed by atoms with E-state index in [0.29, 0.717) is 4.57 Å². The Labute approximate surface area is 775 Å². The van der Waals surface area contributed by atoms with E-state index in [1.54, 1.807) is 6.92 Å². The van der Waals surface area contributed by atoms with Gasteiger partial charge in [0.05, 0.1) is 58.2 Å². The van der Waals surface area contributed by atoms with Crippen LogP contribution in [0.4, 0.5) is 11.8 Å². The number of ether oxygens (including phenoxy) is 13. The number of aliphatic hydroxyl groups excluding tert-OH is 1. The van der Waals surface area contributed by atoms with Gasteiger partial charge in [0.15, 0.2) is 48.5 Å². The molecule has 70 heteroatoms. The number of fused-ring (bicyclic) bond motifs is 1. The van der Waals surface area contributed by atoms with Crippen molar-refractivity contribution in [2.45, 2.75) is 179 Å². The summed E-state index contributed by atoms with van der Waals surface area (Å²) in [6, 6.07) is 4.79. The summed E-state index contributed by atoms with van der Waals surface area (Å²) in [7, 11) is -16.8. The number of aromatic amines is 5.